The summed E-state index contributed by atoms with van der Waals surface area (Å²) in [5.74, 6) is -0.569. The van der Waals surface area contributed by atoms with Crippen LogP contribution in [-0.4, -0.2) is 27.1 Å². The van der Waals surface area contributed by atoms with Gasteiger partial charge in [-0.1, -0.05) is 88.7 Å². The molecule has 37 heavy (non-hydrogen) atoms. The molecule has 5 aromatic rings. The molecule has 0 fully saturated rings. The van der Waals surface area contributed by atoms with E-state index in [2.05, 4.69) is 32.5 Å². The third-order valence-electron chi connectivity index (χ3n) is 5.91. The molecule has 0 aliphatic carbocycles. The van der Waals surface area contributed by atoms with Crippen molar-refractivity contribution < 1.29 is 13.2 Å². The van der Waals surface area contributed by atoms with Gasteiger partial charge in [-0.15, -0.1) is 0 Å². The van der Waals surface area contributed by atoms with Crippen LogP contribution in [0.25, 0.3) is 21.5 Å². The fraction of sp³-hybridized carbons (Fsp3) is 0.0345. The van der Waals surface area contributed by atoms with Crippen LogP contribution in [0.15, 0.2) is 124 Å². The van der Waals surface area contributed by atoms with Gasteiger partial charge in [0.15, 0.2) is 0 Å². The maximum Gasteiger partial charge on any atom is 0.264 e. The van der Waals surface area contributed by atoms with Crippen LogP contribution in [0.3, 0.4) is 0 Å². The number of anilines is 1. The van der Waals surface area contributed by atoms with Crippen LogP contribution in [-0.2, 0) is 14.8 Å². The molecule has 0 unspecified atom stereocenters. The molecule has 5 rings (SSSR count). The summed E-state index contributed by atoms with van der Waals surface area (Å²) in [4.78, 5) is 13.1. The van der Waals surface area contributed by atoms with E-state index in [-0.39, 0.29) is 4.90 Å². The van der Waals surface area contributed by atoms with Gasteiger partial charge in [-0.25, -0.2) is 13.8 Å². The predicted molar refractivity (Wildman–Crippen MR) is 152 cm³/mol. The topological polar surface area (TPSA) is 78.8 Å². The summed E-state index contributed by atoms with van der Waals surface area (Å²) in [5.41, 5.74) is 3.74. The highest BCUT2D eigenvalue weighted by Gasteiger charge is 2.27. The first-order chi connectivity index (χ1) is 17.9. The van der Waals surface area contributed by atoms with Crippen molar-refractivity contribution in [3.63, 3.8) is 0 Å². The Kier molecular flexibility index (Phi) is 7.03. The molecule has 0 radical (unpaired) electrons. The highest BCUT2D eigenvalue weighted by Crippen LogP contribution is 2.28. The number of sulfonamides is 1. The number of amides is 1. The van der Waals surface area contributed by atoms with Gasteiger partial charge >= 0.3 is 0 Å². The zero-order valence-electron chi connectivity index (χ0n) is 19.6. The molecule has 0 heterocycles. The largest absolute Gasteiger partial charge is 0.271 e. The van der Waals surface area contributed by atoms with Crippen LogP contribution in [0.1, 0.15) is 5.56 Å². The standard InChI is InChI=1S/C29H22BrN3O3S/c30-23-11-8-12-24(18-23)33(37(35,36)25-13-2-1-3-14-25)20-29(34)32-31-19-28-26-15-6-4-9-21(26)17-22-10-5-7-16-27(22)28/h1-19H,20H2,(H,32,34)/b31-19-. The minimum absolute atomic E-state index is 0.0912. The number of hydrogen-bond acceptors (Lipinski definition) is 4. The van der Waals surface area contributed by atoms with Crippen molar-refractivity contribution in [3.8, 4) is 0 Å². The molecular weight excluding hydrogens is 550 g/mol. The first-order valence-electron chi connectivity index (χ1n) is 11.5. The Morgan fingerprint density at radius 1 is 0.811 bits per heavy atom. The van der Waals surface area contributed by atoms with Gasteiger partial charge in [0.2, 0.25) is 0 Å². The van der Waals surface area contributed by atoms with Gasteiger partial charge in [0, 0.05) is 10.0 Å². The molecule has 0 saturated carbocycles. The highest BCUT2D eigenvalue weighted by molar-refractivity contribution is 9.10. The van der Waals surface area contributed by atoms with Crippen molar-refractivity contribution in [1.29, 1.82) is 0 Å². The number of benzene rings is 5. The van der Waals surface area contributed by atoms with E-state index in [0.29, 0.717) is 10.2 Å². The number of rotatable bonds is 7. The lowest BCUT2D eigenvalue weighted by molar-refractivity contribution is -0.119. The molecule has 1 amide bonds. The Hall–Kier alpha value is -4.01. The lowest BCUT2D eigenvalue weighted by Crippen LogP contribution is -2.39. The maximum absolute atomic E-state index is 13.5. The van der Waals surface area contributed by atoms with Gasteiger partial charge < -0.3 is 0 Å². The van der Waals surface area contributed by atoms with Gasteiger partial charge in [-0.3, -0.25) is 9.10 Å². The molecule has 184 valence electrons. The van der Waals surface area contributed by atoms with Crippen molar-refractivity contribution in [1.82, 2.24) is 5.43 Å². The molecule has 0 saturated heterocycles. The van der Waals surface area contributed by atoms with Crippen molar-refractivity contribution in [2.75, 3.05) is 10.8 Å². The number of halogens is 1. The Labute approximate surface area is 223 Å². The van der Waals surface area contributed by atoms with E-state index in [4.69, 9.17) is 0 Å². The Morgan fingerprint density at radius 2 is 1.43 bits per heavy atom. The fourth-order valence-corrected chi connectivity index (χ4v) is 6.01. The van der Waals surface area contributed by atoms with Gasteiger partial charge in [-0.05, 0) is 57.9 Å². The van der Waals surface area contributed by atoms with E-state index in [1.807, 2.05) is 48.5 Å². The molecule has 0 aliphatic heterocycles. The van der Waals surface area contributed by atoms with Gasteiger partial charge in [0.25, 0.3) is 15.9 Å². The summed E-state index contributed by atoms with van der Waals surface area (Å²) in [6.07, 6.45) is 1.61. The molecule has 0 spiro atoms. The van der Waals surface area contributed by atoms with Crippen LogP contribution in [0.4, 0.5) is 5.69 Å². The minimum atomic E-state index is -4.00. The SMILES string of the molecule is O=C(CN(c1cccc(Br)c1)S(=O)(=O)c1ccccc1)N/N=C\c1c2ccccc2cc2ccccc12. The maximum atomic E-state index is 13.5. The number of nitrogens with zero attached hydrogens (tertiary/aromatic N) is 2. The van der Waals surface area contributed by atoms with Crippen molar-refractivity contribution in [2.45, 2.75) is 4.90 Å². The Bertz CT molecular complexity index is 1680. The predicted octanol–water partition coefficient (Wildman–Crippen LogP) is 6.10. The Morgan fingerprint density at radius 3 is 2.08 bits per heavy atom. The van der Waals surface area contributed by atoms with Crippen molar-refractivity contribution in [3.05, 3.63) is 119 Å². The van der Waals surface area contributed by atoms with Gasteiger partial charge in [-0.2, -0.15) is 5.10 Å². The number of hydrazone groups is 1. The fourth-order valence-electron chi connectivity index (χ4n) is 4.19. The molecule has 1 N–H and O–H groups in total. The van der Waals surface area contributed by atoms with E-state index in [0.717, 1.165) is 31.4 Å². The first kappa shape index (κ1) is 24.7. The lowest BCUT2D eigenvalue weighted by Gasteiger charge is -2.23. The van der Waals surface area contributed by atoms with E-state index < -0.39 is 22.5 Å². The summed E-state index contributed by atoms with van der Waals surface area (Å²) in [7, 11) is -4.00. The number of carbonyl (C=O) groups is 1. The van der Waals surface area contributed by atoms with Gasteiger partial charge in [0.05, 0.1) is 16.8 Å². The molecule has 5 aromatic carbocycles. The number of carbonyl (C=O) groups excluding carboxylic acids is 1. The molecular formula is C29H22BrN3O3S. The molecule has 0 bridgehead atoms. The van der Waals surface area contributed by atoms with E-state index in [1.54, 1.807) is 48.7 Å². The number of nitrogens with one attached hydrogen (secondary N) is 1. The second kappa shape index (κ2) is 10.5. The van der Waals surface area contributed by atoms with Crippen molar-refractivity contribution in [2.24, 2.45) is 5.10 Å². The van der Waals surface area contributed by atoms with E-state index >= 15 is 0 Å². The summed E-state index contributed by atoms with van der Waals surface area (Å²) in [6, 6.07) is 32.9. The molecule has 0 aromatic heterocycles. The van der Waals surface area contributed by atoms with Crippen LogP contribution in [0.5, 0.6) is 0 Å². The lowest BCUT2D eigenvalue weighted by atomic mass is 9.97. The third kappa shape index (κ3) is 5.26. The number of hydrogen-bond donors (Lipinski definition) is 1. The van der Waals surface area contributed by atoms with Gasteiger partial charge in [0.1, 0.15) is 6.54 Å². The summed E-state index contributed by atoms with van der Waals surface area (Å²) in [6.45, 7) is -0.443. The highest BCUT2D eigenvalue weighted by atomic mass is 79.9. The third-order valence-corrected chi connectivity index (χ3v) is 8.19. The van der Waals surface area contributed by atoms with Crippen LogP contribution >= 0.6 is 15.9 Å². The second-order valence-electron chi connectivity index (χ2n) is 8.33. The monoisotopic (exact) mass is 571 g/mol. The summed E-state index contributed by atoms with van der Waals surface area (Å²) in [5, 5.41) is 8.33. The summed E-state index contributed by atoms with van der Waals surface area (Å²) >= 11 is 3.38. The second-order valence-corrected chi connectivity index (χ2v) is 11.1. The normalized spacial score (nSPS) is 11.7. The summed E-state index contributed by atoms with van der Waals surface area (Å²) < 4.78 is 28.7. The average molecular weight is 572 g/mol. The Balaban J connectivity index is 1.44. The molecule has 0 aliphatic rings. The van der Waals surface area contributed by atoms with E-state index in [1.165, 1.54) is 12.1 Å². The minimum Gasteiger partial charge on any atom is -0.271 e. The average Bonchev–Trinajstić information content (AvgIpc) is 2.91. The van der Waals surface area contributed by atoms with Crippen LogP contribution in [0.2, 0.25) is 0 Å². The first-order valence-corrected chi connectivity index (χ1v) is 13.7. The zero-order chi connectivity index (χ0) is 25.8. The molecule has 0 atom stereocenters. The van der Waals surface area contributed by atoms with Crippen molar-refractivity contribution >= 4 is 65.3 Å². The molecule has 6 nitrogen and oxygen atoms in total. The smallest absolute Gasteiger partial charge is 0.264 e. The van der Waals surface area contributed by atoms with Crippen LogP contribution in [0, 0.1) is 0 Å². The van der Waals surface area contributed by atoms with E-state index in [9.17, 15) is 13.2 Å². The molecule has 8 heteroatoms. The number of fused-ring (bicyclic) bond motifs is 2. The zero-order valence-corrected chi connectivity index (χ0v) is 22.0. The quantitative estimate of drug-likeness (QED) is 0.145. The van der Waals surface area contributed by atoms with Crippen LogP contribution < -0.4 is 9.73 Å².